The molecule has 0 atom stereocenters. The van der Waals surface area contributed by atoms with Crippen LogP contribution in [0.1, 0.15) is 32.8 Å². The molecule has 0 saturated heterocycles. The van der Waals surface area contributed by atoms with Gasteiger partial charge in [-0.05, 0) is 47.2 Å². The minimum atomic E-state index is -3.37. The lowest BCUT2D eigenvalue weighted by Crippen LogP contribution is -2.34. The van der Waals surface area contributed by atoms with Gasteiger partial charge in [-0.2, -0.15) is 8.78 Å². The number of hydrogen-bond acceptors (Lipinski definition) is 2. The second-order valence-electron chi connectivity index (χ2n) is 5.45. The fraction of sp³-hybridized carbons (Fsp3) is 0.250. The predicted octanol–water partition coefficient (Wildman–Crippen LogP) is 3.34. The minimum absolute atomic E-state index is 0.00216. The summed E-state index contributed by atoms with van der Waals surface area (Å²) in [6, 6.07) is 3.91. The maximum absolute atomic E-state index is 13.8. The van der Waals surface area contributed by atoms with Crippen LogP contribution in [-0.2, 0) is 6.42 Å². The van der Waals surface area contributed by atoms with Crippen molar-refractivity contribution in [3.63, 3.8) is 0 Å². The van der Waals surface area contributed by atoms with Crippen LogP contribution in [0.4, 0.5) is 13.2 Å². The summed E-state index contributed by atoms with van der Waals surface area (Å²) in [5.41, 5.74) is 0.731. The number of halogens is 4. The molecule has 0 bridgehead atoms. The van der Waals surface area contributed by atoms with Crippen molar-refractivity contribution < 1.29 is 22.8 Å². The molecule has 0 saturated carbocycles. The zero-order chi connectivity index (χ0) is 17.6. The quantitative estimate of drug-likeness (QED) is 0.717. The van der Waals surface area contributed by atoms with E-state index in [-0.39, 0.29) is 17.5 Å². The van der Waals surface area contributed by atoms with Crippen LogP contribution in [0.5, 0.6) is 0 Å². The third kappa shape index (κ3) is 2.62. The summed E-state index contributed by atoms with van der Waals surface area (Å²) in [5.74, 6) is -5.83. The molecule has 2 aromatic rings. The van der Waals surface area contributed by atoms with E-state index in [0.29, 0.717) is 15.0 Å². The van der Waals surface area contributed by atoms with Crippen LogP contribution in [0.25, 0.3) is 5.69 Å². The summed E-state index contributed by atoms with van der Waals surface area (Å²) in [6.45, 7) is 0. The average molecular weight is 448 g/mol. The number of amides is 1. The van der Waals surface area contributed by atoms with Crippen LogP contribution >= 0.6 is 22.6 Å². The average Bonchev–Trinajstić information content (AvgIpc) is 2.88. The smallest absolute Gasteiger partial charge is 0.310 e. The molecule has 0 radical (unpaired) electrons. The molecule has 0 fully saturated rings. The predicted molar refractivity (Wildman–Crippen MR) is 89.4 cm³/mol. The molecule has 0 unspecified atom stereocenters. The summed E-state index contributed by atoms with van der Waals surface area (Å²) >= 11 is 1.83. The lowest BCUT2D eigenvalue weighted by Gasteiger charge is -2.22. The van der Waals surface area contributed by atoms with Gasteiger partial charge < -0.3 is 9.88 Å². The molecule has 4 nitrogen and oxygen atoms in total. The number of carbonyl (C=O) groups is 2. The van der Waals surface area contributed by atoms with Gasteiger partial charge in [0.05, 0.1) is 11.1 Å². The Morgan fingerprint density at radius 3 is 2.75 bits per heavy atom. The number of hydrogen-bond donors (Lipinski definition) is 1. The van der Waals surface area contributed by atoms with E-state index >= 15 is 0 Å². The Hall–Kier alpha value is -1.84. The van der Waals surface area contributed by atoms with Gasteiger partial charge in [-0.15, -0.1) is 0 Å². The second kappa shape index (κ2) is 5.91. The van der Waals surface area contributed by atoms with Crippen molar-refractivity contribution in [3.05, 3.63) is 50.6 Å². The molecule has 1 aromatic carbocycles. The maximum atomic E-state index is 13.8. The molecular formula is C16H12F3IN2O2. The first-order chi connectivity index (χ1) is 11.3. The van der Waals surface area contributed by atoms with Crippen LogP contribution in [0.2, 0.25) is 0 Å². The Morgan fingerprint density at radius 2 is 2.08 bits per heavy atom. The van der Waals surface area contributed by atoms with Crippen molar-refractivity contribution >= 4 is 34.3 Å². The van der Waals surface area contributed by atoms with Gasteiger partial charge in [0, 0.05) is 34.6 Å². The zero-order valence-corrected chi connectivity index (χ0v) is 14.7. The number of Topliss-reactive ketones (excluding diaryl/α,β-unsaturated/α-hetero) is 1. The normalized spacial score (nSPS) is 16.0. The standard InChI is InChI=1S/C16H12F3IN2O2/c1-21-15(24)9-6-8(2-3-10(9)17)22-7-11(20)13-12(22)4-5-16(18,19)14(13)23/h2-3,6-7H,4-5H2,1H3,(H,21,24). The molecule has 1 aromatic heterocycles. The Morgan fingerprint density at radius 1 is 1.38 bits per heavy atom. The third-order valence-corrected chi connectivity index (χ3v) is 4.81. The molecule has 1 aliphatic rings. The first kappa shape index (κ1) is 17.0. The zero-order valence-electron chi connectivity index (χ0n) is 12.5. The maximum Gasteiger partial charge on any atom is 0.310 e. The third-order valence-electron chi connectivity index (χ3n) is 4.00. The van der Waals surface area contributed by atoms with Gasteiger partial charge in [-0.3, -0.25) is 9.59 Å². The van der Waals surface area contributed by atoms with E-state index < -0.39 is 29.9 Å². The Kier molecular flexibility index (Phi) is 4.18. The van der Waals surface area contributed by atoms with E-state index in [0.717, 1.165) is 6.07 Å². The first-order valence-corrected chi connectivity index (χ1v) is 8.18. The fourth-order valence-corrected chi connectivity index (χ4v) is 3.61. The van der Waals surface area contributed by atoms with Gasteiger partial charge in [-0.25, -0.2) is 4.39 Å². The van der Waals surface area contributed by atoms with E-state index in [2.05, 4.69) is 5.32 Å². The molecule has 1 N–H and O–H groups in total. The van der Waals surface area contributed by atoms with Gasteiger partial charge in [0.25, 0.3) is 5.91 Å². The number of aromatic nitrogens is 1. The van der Waals surface area contributed by atoms with Crippen molar-refractivity contribution in [1.82, 2.24) is 9.88 Å². The van der Waals surface area contributed by atoms with Crippen LogP contribution in [0, 0.1) is 9.39 Å². The van der Waals surface area contributed by atoms with Crippen molar-refractivity contribution in [2.45, 2.75) is 18.8 Å². The van der Waals surface area contributed by atoms with E-state index in [1.807, 2.05) is 22.6 Å². The largest absolute Gasteiger partial charge is 0.355 e. The summed E-state index contributed by atoms with van der Waals surface area (Å²) in [4.78, 5) is 23.7. The summed E-state index contributed by atoms with van der Waals surface area (Å²) in [5, 5.41) is 2.34. The molecule has 3 rings (SSSR count). The molecule has 1 heterocycles. The van der Waals surface area contributed by atoms with E-state index in [4.69, 9.17) is 0 Å². The first-order valence-electron chi connectivity index (χ1n) is 7.10. The van der Waals surface area contributed by atoms with E-state index in [1.54, 1.807) is 10.8 Å². The minimum Gasteiger partial charge on any atom is -0.355 e. The highest BCUT2D eigenvalue weighted by Crippen LogP contribution is 2.37. The number of rotatable bonds is 2. The highest BCUT2D eigenvalue weighted by molar-refractivity contribution is 14.1. The number of carbonyl (C=O) groups excluding carboxylic acids is 2. The highest BCUT2D eigenvalue weighted by Gasteiger charge is 2.45. The number of ketones is 1. The van der Waals surface area contributed by atoms with Gasteiger partial charge in [0.2, 0.25) is 5.78 Å². The van der Waals surface area contributed by atoms with Crippen LogP contribution < -0.4 is 5.32 Å². The Bertz CT molecular complexity index is 861. The van der Waals surface area contributed by atoms with Crippen molar-refractivity contribution in [3.8, 4) is 5.69 Å². The Labute approximate surface area is 149 Å². The van der Waals surface area contributed by atoms with Crippen LogP contribution in [0.15, 0.2) is 24.4 Å². The SMILES string of the molecule is CNC(=O)c1cc(-n2cc(I)c3c2CCC(F)(F)C3=O)ccc1F. The monoisotopic (exact) mass is 448 g/mol. The second-order valence-corrected chi connectivity index (χ2v) is 6.61. The van der Waals surface area contributed by atoms with E-state index in [9.17, 15) is 22.8 Å². The number of alkyl halides is 2. The lowest BCUT2D eigenvalue weighted by atomic mass is 9.93. The number of fused-ring (bicyclic) bond motifs is 1. The summed E-state index contributed by atoms with van der Waals surface area (Å²) in [6.07, 6.45) is 0.998. The molecule has 126 valence electrons. The van der Waals surface area contributed by atoms with Gasteiger partial charge in [0.1, 0.15) is 5.82 Å². The highest BCUT2D eigenvalue weighted by atomic mass is 127. The lowest BCUT2D eigenvalue weighted by molar-refractivity contribution is 0.00165. The van der Waals surface area contributed by atoms with Crippen molar-refractivity contribution in [1.29, 1.82) is 0 Å². The number of nitrogens with zero attached hydrogens (tertiary/aromatic N) is 1. The van der Waals surface area contributed by atoms with E-state index in [1.165, 1.54) is 19.2 Å². The molecule has 0 spiro atoms. The topological polar surface area (TPSA) is 51.1 Å². The summed E-state index contributed by atoms with van der Waals surface area (Å²) in [7, 11) is 1.38. The fourth-order valence-electron chi connectivity index (χ4n) is 2.77. The van der Waals surface area contributed by atoms with Crippen LogP contribution in [-0.4, -0.2) is 29.2 Å². The Balaban J connectivity index is 2.15. The summed E-state index contributed by atoms with van der Waals surface area (Å²) < 4.78 is 43.1. The van der Waals surface area contributed by atoms with Crippen molar-refractivity contribution in [2.75, 3.05) is 7.05 Å². The molecule has 24 heavy (non-hydrogen) atoms. The van der Waals surface area contributed by atoms with Crippen molar-refractivity contribution in [2.24, 2.45) is 0 Å². The van der Waals surface area contributed by atoms with Crippen LogP contribution in [0.3, 0.4) is 0 Å². The number of benzene rings is 1. The molecule has 0 aliphatic heterocycles. The molecule has 8 heteroatoms. The van der Waals surface area contributed by atoms with Gasteiger partial charge in [-0.1, -0.05) is 0 Å². The molecule has 1 amide bonds. The van der Waals surface area contributed by atoms with Gasteiger partial charge in [0.15, 0.2) is 0 Å². The molecule has 1 aliphatic carbocycles. The number of nitrogens with one attached hydrogen (secondary N) is 1. The van der Waals surface area contributed by atoms with Gasteiger partial charge >= 0.3 is 5.92 Å². The molecular weight excluding hydrogens is 436 g/mol.